The van der Waals surface area contributed by atoms with Crippen LogP contribution in [0.2, 0.25) is 0 Å². The summed E-state index contributed by atoms with van der Waals surface area (Å²) in [5.41, 5.74) is 0.0965. The van der Waals surface area contributed by atoms with Gasteiger partial charge in [-0.05, 0) is 20.8 Å². The summed E-state index contributed by atoms with van der Waals surface area (Å²) >= 11 is 0. The van der Waals surface area contributed by atoms with Gasteiger partial charge in [-0.1, -0.05) is 30.3 Å². The minimum Gasteiger partial charge on any atom is -0.457 e. The lowest BCUT2D eigenvalue weighted by Gasteiger charge is -2.51. The molecule has 1 unspecified atom stereocenters. The third-order valence-corrected chi connectivity index (χ3v) is 4.98. The Balaban J connectivity index is 1.93. The average molecular weight is 434 g/mol. The zero-order valence-electron chi connectivity index (χ0n) is 18.5. The van der Waals surface area contributed by atoms with Gasteiger partial charge in [0, 0.05) is 26.0 Å². The van der Waals surface area contributed by atoms with Crippen molar-refractivity contribution in [3.63, 3.8) is 0 Å². The summed E-state index contributed by atoms with van der Waals surface area (Å²) in [6, 6.07) is 8.14. The van der Waals surface area contributed by atoms with Crippen molar-refractivity contribution in [3.8, 4) is 0 Å². The molecule has 2 fully saturated rings. The van der Waals surface area contributed by atoms with Gasteiger partial charge in [-0.3, -0.25) is 14.5 Å². The molecule has 0 aromatic heterocycles. The number of fused-ring (bicyclic) bond motifs is 1. The van der Waals surface area contributed by atoms with Gasteiger partial charge in [0.1, 0.15) is 11.7 Å². The van der Waals surface area contributed by atoms with Crippen LogP contribution in [0.3, 0.4) is 0 Å². The molecular formula is C22H30N2O7. The fraction of sp³-hybridized carbons (Fsp3) is 0.591. The molecule has 5 atom stereocenters. The summed E-state index contributed by atoms with van der Waals surface area (Å²) in [5, 5.41) is 2.79. The van der Waals surface area contributed by atoms with E-state index in [0.717, 1.165) is 5.56 Å². The van der Waals surface area contributed by atoms with Gasteiger partial charge in [0.15, 0.2) is 12.4 Å². The molecule has 9 heteroatoms. The van der Waals surface area contributed by atoms with E-state index in [0.29, 0.717) is 0 Å². The Hall–Kier alpha value is -2.65. The van der Waals surface area contributed by atoms with E-state index in [-0.39, 0.29) is 19.1 Å². The average Bonchev–Trinajstić information content (AvgIpc) is 2.67. The topological polar surface area (TPSA) is 103 Å². The van der Waals surface area contributed by atoms with E-state index < -0.39 is 48.2 Å². The predicted molar refractivity (Wildman–Crippen MR) is 110 cm³/mol. The first-order chi connectivity index (χ1) is 14.5. The summed E-state index contributed by atoms with van der Waals surface area (Å²) in [7, 11) is 0. The van der Waals surface area contributed by atoms with Crippen molar-refractivity contribution >= 4 is 18.0 Å². The number of carbonyl (C=O) groups is 3. The predicted octanol–water partition coefficient (Wildman–Crippen LogP) is 2.16. The summed E-state index contributed by atoms with van der Waals surface area (Å²) in [6.07, 6.45) is -2.76. The van der Waals surface area contributed by atoms with Crippen LogP contribution in [0.5, 0.6) is 0 Å². The maximum absolute atomic E-state index is 13.0. The van der Waals surface area contributed by atoms with Crippen molar-refractivity contribution in [2.24, 2.45) is 0 Å². The zero-order valence-corrected chi connectivity index (χ0v) is 18.5. The molecule has 31 heavy (non-hydrogen) atoms. The lowest BCUT2D eigenvalue weighted by Crippen LogP contribution is -2.70. The van der Waals surface area contributed by atoms with Crippen LogP contribution in [-0.2, 0) is 28.5 Å². The molecule has 2 heterocycles. The van der Waals surface area contributed by atoms with Gasteiger partial charge in [-0.2, -0.15) is 0 Å². The molecule has 0 saturated carbocycles. The number of rotatable bonds is 3. The standard InChI is InChI=1S/C22H30N2O7/c1-13(25)23-16-11-24(21(27)31-22(3,4)5)17-12-28-20(15-9-7-6-8-10-15)30-19(17)18(16)29-14(2)26/h6-10,16-20H,11-12H2,1-5H3,(H,23,25)/t16-,17-,18+,19+,20?/m1/s1. The Morgan fingerprint density at radius 2 is 1.81 bits per heavy atom. The van der Waals surface area contributed by atoms with Crippen LogP contribution in [0.1, 0.15) is 46.5 Å². The smallest absolute Gasteiger partial charge is 0.410 e. The Morgan fingerprint density at radius 3 is 2.39 bits per heavy atom. The number of likely N-dealkylation sites (tertiary alicyclic amines) is 1. The molecule has 2 aliphatic heterocycles. The number of esters is 1. The third kappa shape index (κ3) is 5.74. The fourth-order valence-electron chi connectivity index (χ4n) is 3.84. The number of piperidine rings is 1. The lowest BCUT2D eigenvalue weighted by atomic mass is 9.91. The minimum atomic E-state index is -0.791. The number of ether oxygens (including phenoxy) is 4. The van der Waals surface area contributed by atoms with Crippen LogP contribution in [-0.4, -0.2) is 65.9 Å². The second-order valence-corrected chi connectivity index (χ2v) is 8.76. The van der Waals surface area contributed by atoms with Gasteiger partial charge < -0.3 is 24.3 Å². The van der Waals surface area contributed by atoms with Crippen molar-refractivity contribution in [3.05, 3.63) is 35.9 Å². The van der Waals surface area contributed by atoms with Crippen molar-refractivity contribution in [2.45, 2.75) is 70.8 Å². The molecule has 0 aliphatic carbocycles. The largest absolute Gasteiger partial charge is 0.457 e. The normalized spacial score (nSPS) is 28.3. The monoisotopic (exact) mass is 434 g/mol. The molecule has 9 nitrogen and oxygen atoms in total. The second-order valence-electron chi connectivity index (χ2n) is 8.76. The summed E-state index contributed by atoms with van der Waals surface area (Å²) in [5.74, 6) is -0.812. The first-order valence-electron chi connectivity index (χ1n) is 10.3. The van der Waals surface area contributed by atoms with Gasteiger partial charge in [-0.15, -0.1) is 0 Å². The SMILES string of the molecule is CC(=O)N[C@@H]1CN(C(=O)OC(C)(C)C)[C@@H]2COC(c3ccccc3)O[C@@H]2[C@H]1OC(C)=O. The highest BCUT2D eigenvalue weighted by Gasteiger charge is 2.52. The minimum absolute atomic E-state index is 0.0936. The maximum Gasteiger partial charge on any atom is 0.410 e. The number of amides is 2. The molecule has 0 radical (unpaired) electrons. The number of hydrogen-bond acceptors (Lipinski definition) is 7. The molecule has 1 aromatic rings. The van der Waals surface area contributed by atoms with Gasteiger partial charge in [-0.25, -0.2) is 4.79 Å². The molecule has 2 amide bonds. The van der Waals surface area contributed by atoms with Crippen molar-refractivity contribution in [2.75, 3.05) is 13.2 Å². The number of carbonyl (C=O) groups excluding carboxylic acids is 3. The maximum atomic E-state index is 13.0. The molecular weight excluding hydrogens is 404 g/mol. The van der Waals surface area contributed by atoms with Crippen LogP contribution in [0.15, 0.2) is 30.3 Å². The highest BCUT2D eigenvalue weighted by atomic mass is 16.7. The van der Waals surface area contributed by atoms with Crippen LogP contribution in [0.4, 0.5) is 4.79 Å². The van der Waals surface area contributed by atoms with Crippen LogP contribution >= 0.6 is 0 Å². The summed E-state index contributed by atoms with van der Waals surface area (Å²) in [6.45, 7) is 8.25. The van der Waals surface area contributed by atoms with E-state index in [1.165, 1.54) is 18.7 Å². The van der Waals surface area contributed by atoms with E-state index in [2.05, 4.69) is 5.32 Å². The lowest BCUT2D eigenvalue weighted by molar-refractivity contribution is -0.277. The zero-order chi connectivity index (χ0) is 22.8. The number of benzene rings is 1. The molecule has 0 bridgehead atoms. The molecule has 0 spiro atoms. The quantitative estimate of drug-likeness (QED) is 0.727. The van der Waals surface area contributed by atoms with Crippen molar-refractivity contribution in [1.82, 2.24) is 10.2 Å². The third-order valence-electron chi connectivity index (χ3n) is 4.98. The Kier molecular flexibility index (Phi) is 6.86. The molecule has 1 N–H and O–H groups in total. The van der Waals surface area contributed by atoms with E-state index in [4.69, 9.17) is 18.9 Å². The molecule has 2 aliphatic rings. The van der Waals surface area contributed by atoms with E-state index in [1.807, 2.05) is 30.3 Å². The van der Waals surface area contributed by atoms with Gasteiger partial charge in [0.25, 0.3) is 0 Å². The molecule has 170 valence electrons. The molecule has 1 aromatic carbocycles. The van der Waals surface area contributed by atoms with Gasteiger partial charge >= 0.3 is 12.1 Å². The van der Waals surface area contributed by atoms with Crippen LogP contribution in [0, 0.1) is 0 Å². The van der Waals surface area contributed by atoms with E-state index >= 15 is 0 Å². The first kappa shape index (κ1) is 23.0. The van der Waals surface area contributed by atoms with Gasteiger partial charge in [0.05, 0.1) is 18.7 Å². The highest BCUT2D eigenvalue weighted by molar-refractivity contribution is 5.74. The molecule has 2 saturated heterocycles. The van der Waals surface area contributed by atoms with Crippen LogP contribution in [0.25, 0.3) is 0 Å². The summed E-state index contributed by atoms with van der Waals surface area (Å²) < 4.78 is 23.3. The van der Waals surface area contributed by atoms with Gasteiger partial charge in [0.2, 0.25) is 5.91 Å². The van der Waals surface area contributed by atoms with Crippen molar-refractivity contribution in [1.29, 1.82) is 0 Å². The number of nitrogens with one attached hydrogen (secondary N) is 1. The van der Waals surface area contributed by atoms with Crippen molar-refractivity contribution < 1.29 is 33.3 Å². The Morgan fingerprint density at radius 1 is 1.13 bits per heavy atom. The fourth-order valence-corrected chi connectivity index (χ4v) is 3.84. The number of hydrogen-bond donors (Lipinski definition) is 1. The Labute approximate surface area is 182 Å². The highest BCUT2D eigenvalue weighted by Crippen LogP contribution is 2.35. The number of nitrogens with zero attached hydrogens (tertiary/aromatic N) is 1. The first-order valence-corrected chi connectivity index (χ1v) is 10.3. The Bertz CT molecular complexity index is 808. The van der Waals surface area contributed by atoms with Crippen LogP contribution < -0.4 is 5.32 Å². The van der Waals surface area contributed by atoms with E-state index in [1.54, 1.807) is 20.8 Å². The molecule has 3 rings (SSSR count). The van der Waals surface area contributed by atoms with E-state index in [9.17, 15) is 14.4 Å². The summed E-state index contributed by atoms with van der Waals surface area (Å²) in [4.78, 5) is 38.1. The second kappa shape index (κ2) is 9.23.